The van der Waals surface area contributed by atoms with E-state index in [1.165, 1.54) is 6.07 Å². The van der Waals surface area contributed by atoms with Crippen molar-refractivity contribution in [3.63, 3.8) is 0 Å². The first-order valence-corrected chi connectivity index (χ1v) is 4.29. The van der Waals surface area contributed by atoms with Crippen LogP contribution in [0.1, 0.15) is 0 Å². The van der Waals surface area contributed by atoms with Crippen LogP contribution in [0.2, 0.25) is 10.0 Å². The van der Waals surface area contributed by atoms with E-state index in [9.17, 15) is 5.11 Å². The molecule has 1 aromatic carbocycles. The van der Waals surface area contributed by atoms with Crippen LogP contribution >= 0.6 is 23.2 Å². The Hall–Kier alpha value is -0.367. The van der Waals surface area contributed by atoms with Crippen LogP contribution in [0.15, 0.2) is 18.2 Å². The second-order valence-corrected chi connectivity index (χ2v) is 3.34. The van der Waals surface area contributed by atoms with Gasteiger partial charge in [0.25, 0.3) is 0 Å². The van der Waals surface area contributed by atoms with Gasteiger partial charge in [-0.3, -0.25) is 0 Å². The van der Waals surface area contributed by atoms with E-state index in [0.717, 1.165) is 0 Å². The molecule has 0 aliphatic carbocycles. The van der Waals surface area contributed by atoms with Crippen molar-refractivity contribution in [2.45, 2.75) is 0 Å². The van der Waals surface area contributed by atoms with Crippen molar-refractivity contribution in [2.24, 2.45) is 0 Å². The Balaban J connectivity index is 0.000000980. The maximum Gasteiger partial charge on any atom is 0.105 e. The zero-order chi connectivity index (χ0) is 9.42. The fourth-order valence-electron chi connectivity index (χ4n) is 1.11. The minimum absolute atomic E-state index is 0. The standard InChI is InChI=1S/C9H4Cl2NO.Rh/c10-6-4-7(11)9(13)8-5(6)2-1-3-12-8;/h1-2,4,13H;/q-1;. The molecular formula is C9H4Cl2NORh-. The number of aromatic hydroxyl groups is 1. The molecule has 2 nitrogen and oxygen atoms in total. The van der Waals surface area contributed by atoms with Gasteiger partial charge < -0.3 is 10.1 Å². The van der Waals surface area contributed by atoms with Crippen molar-refractivity contribution < 1.29 is 24.6 Å². The SMILES string of the molecule is Oc1c(Cl)cc(Cl)c2cc[c-]nc12.[Rh]. The minimum Gasteiger partial charge on any atom is -0.517 e. The van der Waals surface area contributed by atoms with Gasteiger partial charge in [-0.05, 0) is 6.07 Å². The number of fused-ring (bicyclic) bond motifs is 1. The molecule has 75 valence electrons. The molecule has 0 amide bonds. The number of phenolic OH excluding ortho intramolecular Hbond substituents is 1. The first-order chi connectivity index (χ1) is 6.20. The van der Waals surface area contributed by atoms with E-state index in [1.54, 1.807) is 12.1 Å². The molecule has 0 bridgehead atoms. The van der Waals surface area contributed by atoms with Crippen molar-refractivity contribution in [3.05, 3.63) is 34.4 Å². The molecule has 5 heteroatoms. The second kappa shape index (κ2) is 4.44. The number of rotatable bonds is 0. The van der Waals surface area contributed by atoms with Crippen LogP contribution in [0, 0.1) is 6.20 Å². The third-order valence-corrected chi connectivity index (χ3v) is 2.32. The summed E-state index contributed by atoms with van der Waals surface area (Å²) in [7, 11) is 0. The van der Waals surface area contributed by atoms with Crippen LogP contribution in [-0.4, -0.2) is 10.1 Å². The molecule has 1 heterocycles. The Labute approximate surface area is 104 Å². The molecule has 0 spiro atoms. The molecule has 0 aliphatic rings. The Bertz CT molecular complexity index is 476. The number of pyridine rings is 1. The first kappa shape index (κ1) is 11.7. The average Bonchev–Trinajstić information content (AvgIpc) is 2.15. The van der Waals surface area contributed by atoms with Gasteiger partial charge in [-0.1, -0.05) is 34.8 Å². The summed E-state index contributed by atoms with van der Waals surface area (Å²) in [6.45, 7) is 0. The van der Waals surface area contributed by atoms with Gasteiger partial charge in [-0.2, -0.15) is 12.1 Å². The van der Waals surface area contributed by atoms with Crippen molar-refractivity contribution in [3.8, 4) is 5.75 Å². The smallest absolute Gasteiger partial charge is 0.105 e. The summed E-state index contributed by atoms with van der Waals surface area (Å²) in [4.78, 5) is 3.86. The predicted molar refractivity (Wildman–Crippen MR) is 52.3 cm³/mol. The molecule has 1 N–H and O–H groups in total. The molecule has 14 heavy (non-hydrogen) atoms. The van der Waals surface area contributed by atoms with Crippen molar-refractivity contribution in [1.82, 2.24) is 4.98 Å². The van der Waals surface area contributed by atoms with Crippen LogP contribution in [0.25, 0.3) is 10.9 Å². The van der Waals surface area contributed by atoms with Crippen molar-refractivity contribution >= 4 is 34.1 Å². The fourth-order valence-corrected chi connectivity index (χ4v) is 1.62. The third-order valence-electron chi connectivity index (χ3n) is 1.72. The Morgan fingerprint density at radius 2 is 2.00 bits per heavy atom. The molecule has 0 saturated carbocycles. The van der Waals surface area contributed by atoms with Gasteiger partial charge in [-0.15, -0.1) is 0 Å². The molecule has 0 saturated heterocycles. The minimum atomic E-state index is -0.0575. The van der Waals surface area contributed by atoms with Crippen LogP contribution in [0.5, 0.6) is 5.75 Å². The number of halogens is 2. The van der Waals surface area contributed by atoms with E-state index in [-0.39, 0.29) is 30.3 Å². The molecule has 2 aromatic rings. The van der Waals surface area contributed by atoms with Gasteiger partial charge in [0.2, 0.25) is 0 Å². The van der Waals surface area contributed by atoms with Gasteiger partial charge in [0.15, 0.2) is 0 Å². The van der Waals surface area contributed by atoms with Crippen LogP contribution < -0.4 is 0 Å². The molecule has 0 atom stereocenters. The van der Waals surface area contributed by atoms with Gasteiger partial charge in [0, 0.05) is 30.0 Å². The molecule has 2 rings (SSSR count). The van der Waals surface area contributed by atoms with E-state index in [1.807, 2.05) is 0 Å². The molecular weight excluding hydrogens is 312 g/mol. The average molecular weight is 316 g/mol. The van der Waals surface area contributed by atoms with Crippen LogP contribution in [-0.2, 0) is 19.5 Å². The van der Waals surface area contributed by atoms with E-state index >= 15 is 0 Å². The maximum atomic E-state index is 9.51. The summed E-state index contributed by atoms with van der Waals surface area (Å²) in [5.74, 6) is -0.0575. The van der Waals surface area contributed by atoms with Crippen molar-refractivity contribution in [2.75, 3.05) is 0 Å². The molecule has 1 radical (unpaired) electrons. The van der Waals surface area contributed by atoms with Crippen LogP contribution in [0.4, 0.5) is 0 Å². The zero-order valence-corrected chi connectivity index (χ0v) is 9.87. The maximum absolute atomic E-state index is 9.51. The summed E-state index contributed by atoms with van der Waals surface area (Å²) < 4.78 is 0. The largest absolute Gasteiger partial charge is 0.517 e. The normalized spacial score (nSPS) is 9.86. The summed E-state index contributed by atoms with van der Waals surface area (Å²) >= 11 is 11.6. The summed E-state index contributed by atoms with van der Waals surface area (Å²) in [6, 6.07) is 4.84. The summed E-state index contributed by atoms with van der Waals surface area (Å²) in [5, 5.41) is 10.8. The predicted octanol–water partition coefficient (Wildman–Crippen LogP) is 3.04. The van der Waals surface area contributed by atoms with Gasteiger partial charge in [0.1, 0.15) is 5.75 Å². The molecule has 0 unspecified atom stereocenters. The summed E-state index contributed by atoms with van der Waals surface area (Å²) in [6.07, 6.45) is 2.60. The van der Waals surface area contributed by atoms with E-state index in [0.29, 0.717) is 15.9 Å². The monoisotopic (exact) mass is 315 g/mol. The van der Waals surface area contributed by atoms with E-state index in [4.69, 9.17) is 23.2 Å². The van der Waals surface area contributed by atoms with Gasteiger partial charge in [0.05, 0.1) is 5.02 Å². The quantitative estimate of drug-likeness (QED) is 0.599. The number of hydrogen-bond acceptors (Lipinski definition) is 2. The second-order valence-electron chi connectivity index (χ2n) is 2.53. The van der Waals surface area contributed by atoms with Crippen molar-refractivity contribution in [1.29, 1.82) is 0 Å². The van der Waals surface area contributed by atoms with Gasteiger partial charge >= 0.3 is 0 Å². The van der Waals surface area contributed by atoms with E-state index < -0.39 is 0 Å². The molecule has 0 aliphatic heterocycles. The topological polar surface area (TPSA) is 33.1 Å². The Kier molecular flexibility index (Phi) is 3.71. The van der Waals surface area contributed by atoms with E-state index in [2.05, 4.69) is 11.2 Å². The third kappa shape index (κ3) is 1.85. The number of benzene rings is 1. The zero-order valence-electron chi connectivity index (χ0n) is 6.72. The first-order valence-electron chi connectivity index (χ1n) is 3.54. The number of nitrogens with zero attached hydrogens (tertiary/aromatic N) is 1. The number of hydrogen-bond donors (Lipinski definition) is 1. The number of phenols is 1. The molecule has 0 fully saturated rings. The Morgan fingerprint density at radius 1 is 1.29 bits per heavy atom. The van der Waals surface area contributed by atoms with Gasteiger partial charge in [-0.25, -0.2) is 0 Å². The summed E-state index contributed by atoms with van der Waals surface area (Å²) in [5.41, 5.74) is 0.375. The van der Waals surface area contributed by atoms with Crippen LogP contribution in [0.3, 0.4) is 0 Å². The Morgan fingerprint density at radius 3 is 2.71 bits per heavy atom. The number of aromatic nitrogens is 1. The molecule has 1 aromatic heterocycles. The fraction of sp³-hybridized carbons (Fsp3) is 0.